The van der Waals surface area contributed by atoms with E-state index in [-0.39, 0.29) is 12.2 Å². The molecule has 0 atom stereocenters. The van der Waals surface area contributed by atoms with Gasteiger partial charge in [0.2, 0.25) is 0 Å². The standard InChI is InChI=1S/C21H16N2O4/c1-3-12-27-19-10-4-15(5-11-19)13-17(14-22)20(24)23-18-8-6-16(7-9-18)21(25)26-2/h1,4-11,13H,12H2,2H3,(H,23,24)/b17-13+. The third kappa shape index (κ3) is 5.48. The molecule has 6 nitrogen and oxygen atoms in total. The number of hydrogen-bond acceptors (Lipinski definition) is 5. The van der Waals surface area contributed by atoms with E-state index < -0.39 is 11.9 Å². The summed E-state index contributed by atoms with van der Waals surface area (Å²) in [5, 5.41) is 11.9. The maximum atomic E-state index is 12.3. The van der Waals surface area contributed by atoms with Crippen LogP contribution in [0.25, 0.3) is 6.08 Å². The van der Waals surface area contributed by atoms with Crippen LogP contribution in [0.1, 0.15) is 15.9 Å². The molecule has 0 saturated heterocycles. The molecule has 0 bridgehead atoms. The van der Waals surface area contributed by atoms with Gasteiger partial charge in [0.1, 0.15) is 24.0 Å². The highest BCUT2D eigenvalue weighted by molar-refractivity contribution is 6.09. The van der Waals surface area contributed by atoms with Gasteiger partial charge in [0.15, 0.2) is 0 Å². The van der Waals surface area contributed by atoms with Crippen molar-refractivity contribution in [1.29, 1.82) is 5.26 Å². The van der Waals surface area contributed by atoms with Gasteiger partial charge in [-0.2, -0.15) is 5.26 Å². The molecular weight excluding hydrogens is 344 g/mol. The minimum absolute atomic E-state index is 0.0654. The Labute approximate surface area is 157 Å². The van der Waals surface area contributed by atoms with Gasteiger partial charge in [-0.15, -0.1) is 6.42 Å². The molecule has 0 aliphatic heterocycles. The zero-order chi connectivity index (χ0) is 19.6. The van der Waals surface area contributed by atoms with Gasteiger partial charge in [-0.3, -0.25) is 4.79 Å². The molecule has 1 N–H and O–H groups in total. The molecule has 0 saturated carbocycles. The molecule has 2 rings (SSSR count). The van der Waals surface area contributed by atoms with Gasteiger partial charge >= 0.3 is 5.97 Å². The van der Waals surface area contributed by atoms with Crippen LogP contribution in [0.15, 0.2) is 54.1 Å². The molecular formula is C21H16N2O4. The lowest BCUT2D eigenvalue weighted by atomic mass is 10.1. The minimum Gasteiger partial charge on any atom is -0.481 e. The molecule has 2 aromatic rings. The van der Waals surface area contributed by atoms with E-state index >= 15 is 0 Å². The van der Waals surface area contributed by atoms with Gasteiger partial charge in [0, 0.05) is 5.69 Å². The van der Waals surface area contributed by atoms with Crippen LogP contribution in [-0.2, 0) is 9.53 Å². The van der Waals surface area contributed by atoms with Gasteiger partial charge in [0.25, 0.3) is 5.91 Å². The Morgan fingerprint density at radius 3 is 2.37 bits per heavy atom. The maximum absolute atomic E-state index is 12.3. The highest BCUT2D eigenvalue weighted by Crippen LogP contribution is 2.16. The number of nitriles is 1. The second-order valence-corrected chi connectivity index (χ2v) is 5.25. The zero-order valence-electron chi connectivity index (χ0n) is 14.6. The van der Waals surface area contributed by atoms with Gasteiger partial charge in [-0.05, 0) is 48.0 Å². The molecule has 0 aliphatic rings. The number of esters is 1. The number of benzene rings is 2. The fourth-order valence-electron chi connectivity index (χ4n) is 2.11. The molecule has 0 fully saturated rings. The average molecular weight is 360 g/mol. The van der Waals surface area contributed by atoms with E-state index in [4.69, 9.17) is 11.2 Å². The quantitative estimate of drug-likeness (QED) is 0.370. The summed E-state index contributed by atoms with van der Waals surface area (Å²) in [6.07, 6.45) is 6.59. The van der Waals surface area contributed by atoms with Crippen LogP contribution in [-0.4, -0.2) is 25.6 Å². The molecule has 2 aromatic carbocycles. The predicted octanol–water partition coefficient (Wildman–Crippen LogP) is 3.03. The highest BCUT2D eigenvalue weighted by atomic mass is 16.5. The van der Waals surface area contributed by atoms with Gasteiger partial charge in [-0.1, -0.05) is 18.1 Å². The summed E-state index contributed by atoms with van der Waals surface area (Å²) in [4.78, 5) is 23.7. The highest BCUT2D eigenvalue weighted by Gasteiger charge is 2.11. The summed E-state index contributed by atoms with van der Waals surface area (Å²) in [5.41, 5.74) is 1.41. The van der Waals surface area contributed by atoms with Crippen molar-refractivity contribution in [2.45, 2.75) is 0 Å². The number of nitrogens with one attached hydrogen (secondary N) is 1. The Morgan fingerprint density at radius 2 is 1.81 bits per heavy atom. The number of ether oxygens (including phenoxy) is 2. The lowest BCUT2D eigenvalue weighted by Gasteiger charge is -2.06. The van der Waals surface area contributed by atoms with Crippen LogP contribution in [0.4, 0.5) is 5.69 Å². The maximum Gasteiger partial charge on any atom is 0.337 e. The lowest BCUT2D eigenvalue weighted by molar-refractivity contribution is -0.112. The van der Waals surface area contributed by atoms with Crippen molar-refractivity contribution in [2.24, 2.45) is 0 Å². The van der Waals surface area contributed by atoms with E-state index in [1.165, 1.54) is 25.3 Å². The van der Waals surface area contributed by atoms with Crippen molar-refractivity contribution >= 4 is 23.6 Å². The van der Waals surface area contributed by atoms with Crippen molar-refractivity contribution in [3.05, 3.63) is 65.2 Å². The number of carbonyl (C=O) groups is 2. The van der Waals surface area contributed by atoms with Crippen molar-refractivity contribution in [2.75, 3.05) is 19.0 Å². The number of methoxy groups -OCH3 is 1. The minimum atomic E-state index is -0.559. The largest absolute Gasteiger partial charge is 0.481 e. The van der Waals surface area contributed by atoms with Crippen LogP contribution < -0.4 is 10.1 Å². The summed E-state index contributed by atoms with van der Waals surface area (Å²) < 4.78 is 9.88. The first-order valence-electron chi connectivity index (χ1n) is 7.85. The molecule has 6 heteroatoms. The van der Waals surface area contributed by atoms with Crippen molar-refractivity contribution in [1.82, 2.24) is 0 Å². The summed E-state index contributed by atoms with van der Waals surface area (Å²) in [6, 6.07) is 14.8. The lowest BCUT2D eigenvalue weighted by Crippen LogP contribution is -2.13. The number of hydrogen-bond donors (Lipinski definition) is 1. The van der Waals surface area contributed by atoms with Crippen molar-refractivity contribution in [3.63, 3.8) is 0 Å². The summed E-state index contributed by atoms with van der Waals surface area (Å²) in [7, 11) is 1.29. The molecule has 27 heavy (non-hydrogen) atoms. The molecule has 0 aliphatic carbocycles. The molecule has 0 radical (unpaired) electrons. The van der Waals surface area contributed by atoms with Crippen LogP contribution in [0.3, 0.4) is 0 Å². The summed E-state index contributed by atoms with van der Waals surface area (Å²) >= 11 is 0. The smallest absolute Gasteiger partial charge is 0.337 e. The third-order valence-corrected chi connectivity index (χ3v) is 3.44. The van der Waals surface area contributed by atoms with Crippen LogP contribution in [0.2, 0.25) is 0 Å². The second kappa shape index (κ2) is 9.45. The fourth-order valence-corrected chi connectivity index (χ4v) is 2.11. The Kier molecular flexibility index (Phi) is 6.76. The van der Waals surface area contributed by atoms with E-state index in [1.807, 2.05) is 6.07 Å². The van der Waals surface area contributed by atoms with Gasteiger partial charge in [0.05, 0.1) is 12.7 Å². The topological polar surface area (TPSA) is 88.4 Å². The molecule has 0 heterocycles. The first-order valence-corrected chi connectivity index (χ1v) is 7.85. The summed E-state index contributed by atoms with van der Waals surface area (Å²) in [6.45, 7) is 0.163. The molecule has 0 aromatic heterocycles. The van der Waals surface area contributed by atoms with Crippen LogP contribution in [0, 0.1) is 23.7 Å². The predicted molar refractivity (Wildman–Crippen MR) is 101 cm³/mol. The Bertz CT molecular complexity index is 930. The van der Waals surface area contributed by atoms with Crippen molar-refractivity contribution in [3.8, 4) is 24.2 Å². The molecule has 0 unspecified atom stereocenters. The Morgan fingerprint density at radius 1 is 1.15 bits per heavy atom. The zero-order valence-corrected chi connectivity index (χ0v) is 14.6. The Balaban J connectivity index is 2.09. The normalized spacial score (nSPS) is 10.3. The molecule has 1 amide bonds. The second-order valence-electron chi connectivity index (χ2n) is 5.25. The monoisotopic (exact) mass is 360 g/mol. The fraction of sp³-hybridized carbons (Fsp3) is 0.0952. The average Bonchev–Trinajstić information content (AvgIpc) is 2.71. The number of amides is 1. The van der Waals surface area contributed by atoms with Gasteiger partial charge in [-0.25, -0.2) is 4.79 Å². The molecule has 0 spiro atoms. The third-order valence-electron chi connectivity index (χ3n) is 3.44. The number of nitrogens with zero attached hydrogens (tertiary/aromatic N) is 1. The number of carbonyl (C=O) groups excluding carboxylic acids is 2. The number of rotatable bonds is 6. The first kappa shape index (κ1) is 19.3. The first-order chi connectivity index (χ1) is 13.1. The van der Waals surface area contributed by atoms with Gasteiger partial charge < -0.3 is 14.8 Å². The van der Waals surface area contributed by atoms with E-state index in [0.717, 1.165) is 0 Å². The van der Waals surface area contributed by atoms with E-state index in [9.17, 15) is 14.9 Å². The molecule has 134 valence electrons. The van der Waals surface area contributed by atoms with E-state index in [0.29, 0.717) is 22.6 Å². The SMILES string of the molecule is C#CCOc1ccc(/C=C(\C#N)C(=O)Nc2ccc(C(=O)OC)cc2)cc1. The Hall–Kier alpha value is -4.03. The van der Waals surface area contributed by atoms with Crippen LogP contribution >= 0.6 is 0 Å². The van der Waals surface area contributed by atoms with E-state index in [1.54, 1.807) is 36.4 Å². The number of terminal acetylenes is 1. The van der Waals surface area contributed by atoms with Crippen molar-refractivity contribution < 1.29 is 19.1 Å². The number of anilines is 1. The van der Waals surface area contributed by atoms with Crippen LogP contribution in [0.5, 0.6) is 5.75 Å². The van der Waals surface area contributed by atoms with E-state index in [2.05, 4.69) is 16.0 Å². The summed E-state index contributed by atoms with van der Waals surface area (Å²) in [5.74, 6) is 1.93.